The van der Waals surface area contributed by atoms with Crippen molar-refractivity contribution in [2.45, 2.75) is 168 Å². The predicted octanol–water partition coefficient (Wildman–Crippen LogP) is 8.28. The van der Waals surface area contributed by atoms with Crippen LogP contribution in [0.4, 0.5) is 0 Å². The number of ether oxygens (including phenoxy) is 3. The Kier molecular flexibility index (Phi) is 24.9. The van der Waals surface area contributed by atoms with Crippen LogP contribution in [0.2, 0.25) is 0 Å². The molecule has 1 aromatic carbocycles. The molecule has 0 aliphatic heterocycles. The van der Waals surface area contributed by atoms with Crippen molar-refractivity contribution in [3.05, 3.63) is 29.8 Å². The Morgan fingerprint density at radius 1 is 0.638 bits per heavy atom. The Morgan fingerprint density at radius 3 is 1.57 bits per heavy atom. The van der Waals surface area contributed by atoms with Gasteiger partial charge in [0.05, 0.1) is 0 Å². The molecule has 0 radical (unpaired) electrons. The predicted molar refractivity (Wildman–Crippen MR) is 185 cm³/mol. The molecule has 9 nitrogen and oxygen atoms in total. The summed E-state index contributed by atoms with van der Waals surface area (Å²) < 4.78 is 16.5. The Labute approximate surface area is 283 Å². The molecule has 1 aromatic rings. The lowest BCUT2D eigenvalue weighted by Crippen LogP contribution is -2.43. The molecule has 0 aliphatic rings. The molecule has 0 saturated heterocycles. The number of unbranched alkanes of at least 4 members (excludes halogenated alkanes) is 16. The van der Waals surface area contributed by atoms with E-state index in [9.17, 15) is 24.3 Å². The van der Waals surface area contributed by atoms with E-state index in [-0.39, 0.29) is 44.2 Å². The minimum Gasteiger partial charge on any atom is -0.508 e. The van der Waals surface area contributed by atoms with Gasteiger partial charge in [-0.15, -0.1) is 0 Å². The first-order chi connectivity index (χ1) is 22.7. The number of nitrogens with one attached hydrogen (secondary N) is 1. The fourth-order valence-corrected chi connectivity index (χ4v) is 5.36. The number of phenols is 1. The fraction of sp³-hybridized carbons (Fsp3) is 0.737. The van der Waals surface area contributed by atoms with Gasteiger partial charge in [-0.1, -0.05) is 129 Å². The monoisotopic (exact) mass is 661 g/mol. The van der Waals surface area contributed by atoms with Crippen LogP contribution in [0.3, 0.4) is 0 Å². The second-order valence-corrected chi connectivity index (χ2v) is 12.7. The highest BCUT2D eigenvalue weighted by atomic mass is 16.6. The van der Waals surface area contributed by atoms with Gasteiger partial charge >= 0.3 is 17.9 Å². The van der Waals surface area contributed by atoms with Gasteiger partial charge in [0.1, 0.15) is 25.0 Å². The molecule has 0 bridgehead atoms. The molecule has 0 aromatic heterocycles. The largest absolute Gasteiger partial charge is 0.508 e. The molecular formula is C38H63NO8. The number of amides is 1. The van der Waals surface area contributed by atoms with Crippen molar-refractivity contribution in [2.75, 3.05) is 13.2 Å². The molecule has 268 valence electrons. The van der Waals surface area contributed by atoms with Crippen LogP contribution < -0.4 is 5.32 Å². The second-order valence-electron chi connectivity index (χ2n) is 12.7. The van der Waals surface area contributed by atoms with Gasteiger partial charge < -0.3 is 24.6 Å². The molecule has 1 amide bonds. The van der Waals surface area contributed by atoms with Crippen LogP contribution in [-0.4, -0.2) is 54.3 Å². The molecular weight excluding hydrogens is 598 g/mol. The second kappa shape index (κ2) is 28.0. The number of esters is 3. The average molecular weight is 662 g/mol. The summed E-state index contributed by atoms with van der Waals surface area (Å²) in [5, 5.41) is 12.2. The van der Waals surface area contributed by atoms with Crippen molar-refractivity contribution in [2.24, 2.45) is 0 Å². The number of carbonyl (C=O) groups is 4. The van der Waals surface area contributed by atoms with E-state index in [1.165, 1.54) is 89.7 Å². The van der Waals surface area contributed by atoms with E-state index >= 15 is 0 Å². The Morgan fingerprint density at radius 2 is 1.09 bits per heavy atom. The zero-order valence-corrected chi connectivity index (χ0v) is 29.5. The fourth-order valence-electron chi connectivity index (χ4n) is 5.36. The molecule has 0 fully saturated rings. The molecule has 9 heteroatoms. The smallest absolute Gasteiger partial charge is 0.329 e. The van der Waals surface area contributed by atoms with Crippen LogP contribution in [0.25, 0.3) is 0 Å². The van der Waals surface area contributed by atoms with E-state index in [1.807, 2.05) is 0 Å². The molecule has 0 aliphatic carbocycles. The number of phenolic OH excluding ortho intramolecular Hbond substituents is 1. The quantitative estimate of drug-likeness (QED) is 0.0499. The van der Waals surface area contributed by atoms with Gasteiger partial charge in [-0.05, 0) is 30.5 Å². The maximum Gasteiger partial charge on any atom is 0.329 e. The van der Waals surface area contributed by atoms with Crippen LogP contribution in [0.1, 0.15) is 155 Å². The Balaban J connectivity index is 2.59. The van der Waals surface area contributed by atoms with Crippen molar-refractivity contribution in [1.82, 2.24) is 5.32 Å². The molecule has 2 N–H and O–H groups in total. The molecule has 1 rings (SSSR count). The van der Waals surface area contributed by atoms with Gasteiger partial charge in [0.2, 0.25) is 5.91 Å². The molecule has 2 atom stereocenters. The van der Waals surface area contributed by atoms with Gasteiger partial charge in [-0.25, -0.2) is 4.79 Å². The van der Waals surface area contributed by atoms with E-state index in [0.717, 1.165) is 38.5 Å². The lowest BCUT2D eigenvalue weighted by atomic mass is 10.1. The Hall–Kier alpha value is -3.10. The topological polar surface area (TPSA) is 128 Å². The van der Waals surface area contributed by atoms with Crippen LogP contribution in [0, 0.1) is 0 Å². The summed E-state index contributed by atoms with van der Waals surface area (Å²) in [4.78, 5) is 49.9. The highest BCUT2D eigenvalue weighted by Crippen LogP contribution is 2.15. The standard InChI is InChI=1S/C38H63NO8/c1-4-6-8-10-12-14-16-18-20-22-36(42)45-29-34(47-37(43)23-21-19-17-15-13-11-9-7-5-2)30-46-38(44)35(39-31(3)40)28-32-24-26-33(41)27-25-32/h24-27,34-35,41H,4-23,28-30H2,1-3H3,(H,39,40)/t34-,35+/m1/s1. The van der Waals surface area contributed by atoms with E-state index in [1.54, 1.807) is 12.1 Å². The highest BCUT2D eigenvalue weighted by molar-refractivity contribution is 5.83. The van der Waals surface area contributed by atoms with Crippen LogP contribution in [-0.2, 0) is 39.8 Å². The highest BCUT2D eigenvalue weighted by Gasteiger charge is 2.25. The molecule has 47 heavy (non-hydrogen) atoms. The maximum absolute atomic E-state index is 13.0. The summed E-state index contributed by atoms with van der Waals surface area (Å²) in [7, 11) is 0. The molecule has 0 unspecified atom stereocenters. The Bertz CT molecular complexity index is 980. The number of hydrogen-bond acceptors (Lipinski definition) is 8. The molecule has 0 spiro atoms. The molecule has 0 saturated carbocycles. The van der Waals surface area contributed by atoms with Crippen LogP contribution in [0.5, 0.6) is 5.75 Å². The van der Waals surface area contributed by atoms with Crippen molar-refractivity contribution < 1.29 is 38.5 Å². The average Bonchev–Trinajstić information content (AvgIpc) is 3.04. The lowest BCUT2D eigenvalue weighted by molar-refractivity contribution is -0.167. The van der Waals surface area contributed by atoms with Crippen molar-refractivity contribution >= 4 is 23.8 Å². The zero-order chi connectivity index (χ0) is 34.5. The third-order valence-corrected chi connectivity index (χ3v) is 8.15. The summed E-state index contributed by atoms with van der Waals surface area (Å²) >= 11 is 0. The SMILES string of the molecule is CCCCCCCCCCCC(=O)OC[C@H](COC(=O)[C@H](Cc1ccc(O)cc1)NC(C)=O)OC(=O)CCCCCCCCCCC. The lowest BCUT2D eigenvalue weighted by Gasteiger charge is -2.21. The van der Waals surface area contributed by atoms with Crippen LogP contribution in [0.15, 0.2) is 24.3 Å². The molecule has 0 heterocycles. The number of aromatic hydroxyl groups is 1. The number of hydrogen-bond donors (Lipinski definition) is 2. The van der Waals surface area contributed by atoms with Gasteiger partial charge in [-0.3, -0.25) is 14.4 Å². The summed E-state index contributed by atoms with van der Waals surface area (Å²) in [5.41, 5.74) is 0.716. The van der Waals surface area contributed by atoms with Crippen molar-refractivity contribution in [3.63, 3.8) is 0 Å². The number of carbonyl (C=O) groups excluding carboxylic acids is 4. The minimum absolute atomic E-state index is 0.0897. The summed E-state index contributed by atoms with van der Waals surface area (Å²) in [6, 6.07) is 5.32. The summed E-state index contributed by atoms with van der Waals surface area (Å²) in [5.74, 6) is -1.81. The third-order valence-electron chi connectivity index (χ3n) is 8.15. The first-order valence-corrected chi connectivity index (χ1v) is 18.3. The van der Waals surface area contributed by atoms with Gasteiger partial charge in [0, 0.05) is 26.2 Å². The van der Waals surface area contributed by atoms with E-state index in [2.05, 4.69) is 19.2 Å². The summed E-state index contributed by atoms with van der Waals surface area (Å²) in [6.07, 6.45) is 20.1. The van der Waals surface area contributed by atoms with E-state index < -0.39 is 30.0 Å². The summed E-state index contributed by atoms with van der Waals surface area (Å²) in [6.45, 7) is 5.20. The van der Waals surface area contributed by atoms with Crippen molar-refractivity contribution in [3.8, 4) is 5.75 Å². The minimum atomic E-state index is -0.982. The van der Waals surface area contributed by atoms with Gasteiger partial charge in [-0.2, -0.15) is 0 Å². The van der Waals surface area contributed by atoms with Crippen LogP contribution >= 0.6 is 0 Å². The first kappa shape index (κ1) is 41.9. The zero-order valence-electron chi connectivity index (χ0n) is 29.5. The van der Waals surface area contributed by atoms with Gasteiger partial charge in [0.15, 0.2) is 6.10 Å². The van der Waals surface area contributed by atoms with E-state index in [0.29, 0.717) is 12.0 Å². The van der Waals surface area contributed by atoms with Crippen molar-refractivity contribution in [1.29, 1.82) is 0 Å². The third kappa shape index (κ3) is 23.8. The normalized spacial score (nSPS) is 12.2. The number of benzene rings is 1. The first-order valence-electron chi connectivity index (χ1n) is 18.3. The van der Waals surface area contributed by atoms with Gasteiger partial charge in [0.25, 0.3) is 0 Å². The number of rotatable bonds is 29. The maximum atomic E-state index is 13.0. The van der Waals surface area contributed by atoms with E-state index in [4.69, 9.17) is 14.2 Å².